The Morgan fingerprint density at radius 3 is 2.57 bits per heavy atom. The largest absolute Gasteiger partial charge is 0.530 e. The SMILES string of the molecule is Cc1cn([C@H]2CC(N=[N+]=[N-])[C@@H](COP(=O)(OCCSC(=O)[C@@H](NC(=O)OC(C)(C)C)C(C)C)Oc3ccccc3)O2)c(=O)[nH]c1=O. The van der Waals surface area contributed by atoms with Crippen LogP contribution in [0.1, 0.15) is 52.8 Å². The first-order chi connectivity index (χ1) is 21.6. The number of benzene rings is 1. The molecule has 0 spiro atoms. The molecule has 1 amide bonds. The molecule has 1 aromatic carbocycles. The van der Waals surface area contributed by atoms with E-state index in [2.05, 4.69) is 20.3 Å². The molecule has 46 heavy (non-hydrogen) atoms. The summed E-state index contributed by atoms with van der Waals surface area (Å²) in [5, 5.41) is 5.98. The van der Waals surface area contributed by atoms with Gasteiger partial charge in [0, 0.05) is 28.8 Å². The van der Waals surface area contributed by atoms with Crippen LogP contribution in [0.2, 0.25) is 0 Å². The lowest BCUT2D eigenvalue weighted by Gasteiger charge is -2.25. The van der Waals surface area contributed by atoms with E-state index in [1.165, 1.54) is 17.7 Å². The molecule has 1 aliphatic rings. The van der Waals surface area contributed by atoms with Crippen molar-refractivity contribution >= 4 is 30.8 Å². The van der Waals surface area contributed by atoms with Gasteiger partial charge in [0.15, 0.2) is 0 Å². The number of para-hydroxylation sites is 1. The predicted octanol–water partition coefficient (Wildman–Crippen LogP) is 4.84. The number of nitrogens with one attached hydrogen (secondary N) is 2. The number of thioether (sulfide) groups is 1. The van der Waals surface area contributed by atoms with Crippen LogP contribution in [0.15, 0.2) is 51.2 Å². The molecular weight excluding hydrogens is 643 g/mol. The third-order valence-electron chi connectivity index (χ3n) is 6.39. The van der Waals surface area contributed by atoms with E-state index in [0.717, 1.165) is 11.8 Å². The Bertz CT molecular complexity index is 1570. The maximum absolute atomic E-state index is 13.8. The van der Waals surface area contributed by atoms with Gasteiger partial charge in [0.25, 0.3) is 5.56 Å². The van der Waals surface area contributed by atoms with Gasteiger partial charge >= 0.3 is 19.6 Å². The van der Waals surface area contributed by atoms with E-state index in [1.54, 1.807) is 65.0 Å². The number of aryl methyl sites for hydroxylation is 1. The first kappa shape index (κ1) is 36.9. The first-order valence-corrected chi connectivity index (χ1v) is 16.9. The molecule has 252 valence electrons. The van der Waals surface area contributed by atoms with E-state index in [0.29, 0.717) is 0 Å². The Labute approximate surface area is 269 Å². The fourth-order valence-electron chi connectivity index (χ4n) is 4.20. The Morgan fingerprint density at radius 2 is 1.93 bits per heavy atom. The number of rotatable bonds is 14. The zero-order valence-electron chi connectivity index (χ0n) is 26.4. The van der Waals surface area contributed by atoms with E-state index < -0.39 is 61.8 Å². The van der Waals surface area contributed by atoms with Gasteiger partial charge < -0.3 is 19.3 Å². The lowest BCUT2D eigenvalue weighted by Crippen LogP contribution is -2.45. The second-order valence-electron chi connectivity index (χ2n) is 11.6. The first-order valence-electron chi connectivity index (χ1n) is 14.4. The summed E-state index contributed by atoms with van der Waals surface area (Å²) in [6, 6.07) is 6.47. The third kappa shape index (κ3) is 11.0. The topological polar surface area (TPSA) is 213 Å². The Balaban J connectivity index is 1.67. The van der Waals surface area contributed by atoms with Crippen molar-refractivity contribution in [2.24, 2.45) is 11.0 Å². The monoisotopic (exact) mass is 682 g/mol. The van der Waals surface area contributed by atoms with Crippen molar-refractivity contribution in [1.29, 1.82) is 0 Å². The Kier molecular flexibility index (Phi) is 13.1. The van der Waals surface area contributed by atoms with Gasteiger partial charge in [-0.15, -0.1) is 0 Å². The van der Waals surface area contributed by atoms with Gasteiger partial charge in [0.05, 0.1) is 25.4 Å². The summed E-state index contributed by atoms with van der Waals surface area (Å²) in [5.41, 5.74) is 7.38. The number of azide groups is 1. The molecular formula is C28H39N6O10PS. The molecule has 5 atom stereocenters. The number of aromatic amines is 1. The fourth-order valence-corrected chi connectivity index (χ4v) is 6.41. The van der Waals surface area contributed by atoms with Crippen LogP contribution in [0.25, 0.3) is 10.4 Å². The van der Waals surface area contributed by atoms with Crippen LogP contribution >= 0.6 is 19.6 Å². The number of phosphoric acid groups is 1. The molecule has 2 unspecified atom stereocenters. The standard InChI is InChI=1S/C28H39N6O10PS/c1-17(2)23(30-27(38)43-28(4,5)6)25(36)46-13-12-40-45(39,44-19-10-8-7-9-11-19)41-16-21-20(32-33-29)14-22(42-21)34-15-18(3)24(35)31-26(34)37/h7-11,15,17,20-23H,12-14,16H2,1-6H3,(H,30,38)(H,31,35,37)/t20?,21-,22-,23+,45?/m1/s1. The molecule has 1 aliphatic heterocycles. The molecule has 1 saturated heterocycles. The molecule has 16 nitrogen and oxygen atoms in total. The van der Waals surface area contributed by atoms with Gasteiger partial charge in [-0.3, -0.25) is 28.2 Å². The van der Waals surface area contributed by atoms with Crippen LogP contribution in [0.5, 0.6) is 5.75 Å². The highest BCUT2D eigenvalue weighted by Gasteiger charge is 2.39. The van der Waals surface area contributed by atoms with Crippen LogP contribution in [0, 0.1) is 12.8 Å². The number of phosphoric ester groups is 1. The second-order valence-corrected chi connectivity index (χ2v) is 14.3. The maximum Gasteiger partial charge on any atom is 0.530 e. The number of carbonyl (C=O) groups excluding carboxylic acids is 2. The van der Waals surface area contributed by atoms with Crippen molar-refractivity contribution in [2.45, 2.75) is 78.0 Å². The zero-order chi connectivity index (χ0) is 34.1. The van der Waals surface area contributed by atoms with E-state index in [9.17, 15) is 23.7 Å². The van der Waals surface area contributed by atoms with Crippen molar-refractivity contribution < 1.29 is 37.2 Å². The Hall–Kier alpha value is -3.59. The highest BCUT2D eigenvalue weighted by atomic mass is 32.2. The molecule has 18 heteroatoms. The van der Waals surface area contributed by atoms with Crippen molar-refractivity contribution in [2.75, 3.05) is 19.0 Å². The molecule has 1 fully saturated rings. The molecule has 0 saturated carbocycles. The van der Waals surface area contributed by atoms with E-state index in [1.807, 2.05) is 0 Å². The number of hydrogen-bond donors (Lipinski definition) is 2. The van der Waals surface area contributed by atoms with E-state index >= 15 is 0 Å². The minimum absolute atomic E-state index is 0.0430. The molecule has 0 radical (unpaired) electrons. The normalized spacial score (nSPS) is 19.9. The average molecular weight is 683 g/mol. The van der Waals surface area contributed by atoms with Crippen LogP contribution in [0.3, 0.4) is 0 Å². The van der Waals surface area contributed by atoms with Crippen molar-refractivity contribution in [3.05, 3.63) is 73.4 Å². The third-order valence-corrected chi connectivity index (χ3v) is 8.70. The second kappa shape index (κ2) is 16.3. The zero-order valence-corrected chi connectivity index (χ0v) is 28.1. The Morgan fingerprint density at radius 1 is 1.24 bits per heavy atom. The highest BCUT2D eigenvalue weighted by Crippen LogP contribution is 2.50. The molecule has 1 aromatic heterocycles. The summed E-state index contributed by atoms with van der Waals surface area (Å²) >= 11 is 0.868. The molecule has 2 aromatic rings. The smallest absolute Gasteiger partial charge is 0.444 e. The fraction of sp³-hybridized carbons (Fsp3) is 0.571. The van der Waals surface area contributed by atoms with Crippen LogP contribution < -0.4 is 21.1 Å². The number of ether oxygens (including phenoxy) is 2. The number of aromatic nitrogens is 2. The molecule has 3 rings (SSSR count). The van der Waals surface area contributed by atoms with E-state index in [4.69, 9.17) is 28.6 Å². The van der Waals surface area contributed by atoms with Gasteiger partial charge in [-0.25, -0.2) is 14.2 Å². The summed E-state index contributed by atoms with van der Waals surface area (Å²) in [6.45, 7) is 9.57. The molecule has 2 N–H and O–H groups in total. The van der Waals surface area contributed by atoms with Gasteiger partial charge in [-0.2, -0.15) is 0 Å². The number of nitrogens with zero attached hydrogens (tertiary/aromatic N) is 4. The van der Waals surface area contributed by atoms with Gasteiger partial charge in [0.2, 0.25) is 5.12 Å². The summed E-state index contributed by atoms with van der Waals surface area (Å²) in [7, 11) is -4.35. The number of amides is 1. The van der Waals surface area contributed by atoms with Gasteiger partial charge in [0.1, 0.15) is 23.6 Å². The predicted molar refractivity (Wildman–Crippen MR) is 170 cm³/mol. The van der Waals surface area contributed by atoms with Crippen LogP contribution in [-0.2, 0) is 27.9 Å². The van der Waals surface area contributed by atoms with Crippen LogP contribution in [0.4, 0.5) is 4.79 Å². The highest BCUT2D eigenvalue weighted by molar-refractivity contribution is 8.13. The van der Waals surface area contributed by atoms with Gasteiger partial charge in [-0.05, 0) is 51.3 Å². The lowest BCUT2D eigenvalue weighted by molar-refractivity contribution is -0.113. The summed E-state index contributed by atoms with van der Waals surface area (Å²) in [5.74, 6) is -0.0102. The van der Waals surface area contributed by atoms with Crippen molar-refractivity contribution in [3.8, 4) is 5.75 Å². The quantitative estimate of drug-likeness (QED) is 0.0904. The minimum atomic E-state index is -4.35. The summed E-state index contributed by atoms with van der Waals surface area (Å²) in [4.78, 5) is 54.4. The van der Waals surface area contributed by atoms with Gasteiger partial charge in [-0.1, -0.05) is 48.9 Å². The van der Waals surface area contributed by atoms with E-state index in [-0.39, 0.29) is 41.1 Å². The van der Waals surface area contributed by atoms with Crippen molar-refractivity contribution in [1.82, 2.24) is 14.9 Å². The molecule has 2 heterocycles. The van der Waals surface area contributed by atoms with Crippen molar-refractivity contribution in [3.63, 3.8) is 0 Å². The number of carbonyl (C=O) groups is 2. The minimum Gasteiger partial charge on any atom is -0.444 e. The average Bonchev–Trinajstić information content (AvgIpc) is 3.37. The number of H-pyrrole nitrogens is 1. The molecule has 0 aliphatic carbocycles. The number of alkyl carbamates (subject to hydrolysis) is 1. The maximum atomic E-state index is 13.8. The summed E-state index contributed by atoms with van der Waals surface area (Å²) < 4.78 is 42.9. The summed E-state index contributed by atoms with van der Waals surface area (Å²) in [6.07, 6.45) is -1.19. The number of hydrogen-bond acceptors (Lipinski definition) is 12. The molecule has 0 bridgehead atoms. The lowest BCUT2D eigenvalue weighted by atomic mass is 10.1. The van der Waals surface area contributed by atoms with Crippen LogP contribution in [-0.4, -0.2) is 63.5 Å².